The van der Waals surface area contributed by atoms with Crippen molar-refractivity contribution in [1.29, 1.82) is 0 Å². The Morgan fingerprint density at radius 2 is 2.07 bits per heavy atom. The smallest absolute Gasteiger partial charge is 0.325 e. The molecule has 80 valence electrons. The van der Waals surface area contributed by atoms with E-state index < -0.39 is 12.0 Å². The number of hydrogen-bond acceptors (Lipinski definition) is 2. The van der Waals surface area contributed by atoms with Crippen LogP contribution in [0.4, 0.5) is 0 Å². The topological polar surface area (TPSA) is 66.4 Å². The van der Waals surface area contributed by atoms with Crippen LogP contribution in [0.15, 0.2) is 0 Å². The highest BCUT2D eigenvalue weighted by Crippen LogP contribution is 2.43. The molecule has 4 heteroatoms. The SMILES string of the molecule is CCC1(C(=O)N[C@H](C)C(=O)O)CCC1. The molecule has 1 aliphatic rings. The largest absolute Gasteiger partial charge is 0.480 e. The molecule has 1 rings (SSSR count). The van der Waals surface area contributed by atoms with Gasteiger partial charge in [0.05, 0.1) is 0 Å². The summed E-state index contributed by atoms with van der Waals surface area (Å²) >= 11 is 0. The lowest BCUT2D eigenvalue weighted by Crippen LogP contribution is -2.50. The van der Waals surface area contributed by atoms with Crippen molar-refractivity contribution in [2.24, 2.45) is 5.41 Å². The van der Waals surface area contributed by atoms with E-state index >= 15 is 0 Å². The number of aliphatic carboxylic acids is 1. The van der Waals surface area contributed by atoms with Crippen LogP contribution in [0.3, 0.4) is 0 Å². The van der Waals surface area contributed by atoms with E-state index in [0.29, 0.717) is 0 Å². The Kier molecular flexibility index (Phi) is 3.13. The highest BCUT2D eigenvalue weighted by Gasteiger charge is 2.42. The van der Waals surface area contributed by atoms with Crippen LogP contribution in [0.1, 0.15) is 39.5 Å². The Labute approximate surface area is 83.7 Å². The molecule has 0 saturated heterocycles. The van der Waals surface area contributed by atoms with Crippen LogP contribution >= 0.6 is 0 Å². The molecular weight excluding hydrogens is 182 g/mol. The van der Waals surface area contributed by atoms with Crippen LogP contribution in [0.5, 0.6) is 0 Å². The van der Waals surface area contributed by atoms with E-state index in [2.05, 4.69) is 5.32 Å². The molecule has 0 aliphatic heterocycles. The number of hydrogen-bond donors (Lipinski definition) is 2. The summed E-state index contributed by atoms with van der Waals surface area (Å²) in [5.74, 6) is -1.08. The van der Waals surface area contributed by atoms with Crippen LogP contribution in [0, 0.1) is 5.41 Å². The zero-order valence-electron chi connectivity index (χ0n) is 8.67. The quantitative estimate of drug-likeness (QED) is 0.714. The number of amides is 1. The van der Waals surface area contributed by atoms with Gasteiger partial charge >= 0.3 is 5.97 Å². The van der Waals surface area contributed by atoms with Crippen molar-refractivity contribution in [2.75, 3.05) is 0 Å². The molecule has 1 fully saturated rings. The highest BCUT2D eigenvalue weighted by molar-refractivity contribution is 5.87. The normalized spacial score (nSPS) is 20.7. The Morgan fingerprint density at radius 1 is 1.50 bits per heavy atom. The first-order valence-corrected chi connectivity index (χ1v) is 5.05. The molecule has 0 spiro atoms. The number of carbonyl (C=O) groups is 2. The van der Waals surface area contributed by atoms with Gasteiger partial charge in [0.15, 0.2) is 0 Å². The minimum absolute atomic E-state index is 0.0962. The lowest BCUT2D eigenvalue weighted by molar-refractivity contribution is -0.145. The fourth-order valence-electron chi connectivity index (χ4n) is 1.76. The lowest BCUT2D eigenvalue weighted by Gasteiger charge is -2.39. The van der Waals surface area contributed by atoms with Crippen LogP contribution in [-0.4, -0.2) is 23.0 Å². The van der Waals surface area contributed by atoms with Gasteiger partial charge in [0, 0.05) is 5.41 Å². The molecule has 1 saturated carbocycles. The molecule has 1 amide bonds. The monoisotopic (exact) mass is 199 g/mol. The Balaban J connectivity index is 2.53. The molecule has 0 aromatic carbocycles. The predicted molar refractivity (Wildman–Crippen MR) is 51.8 cm³/mol. The molecule has 1 atom stereocenters. The molecule has 0 aromatic heterocycles. The second kappa shape index (κ2) is 3.98. The molecule has 4 nitrogen and oxygen atoms in total. The fourth-order valence-corrected chi connectivity index (χ4v) is 1.76. The molecule has 0 bridgehead atoms. The summed E-state index contributed by atoms with van der Waals surface area (Å²) in [5.41, 5.74) is -0.274. The molecule has 2 N–H and O–H groups in total. The Morgan fingerprint density at radius 3 is 2.36 bits per heavy atom. The van der Waals surface area contributed by atoms with E-state index in [1.165, 1.54) is 6.92 Å². The summed E-state index contributed by atoms with van der Waals surface area (Å²) in [6.45, 7) is 3.46. The molecule has 0 heterocycles. The summed E-state index contributed by atoms with van der Waals surface area (Å²) in [4.78, 5) is 22.3. The van der Waals surface area contributed by atoms with Crippen LogP contribution < -0.4 is 5.32 Å². The summed E-state index contributed by atoms with van der Waals surface area (Å²) in [6, 6.07) is -0.786. The van der Waals surface area contributed by atoms with Crippen LogP contribution in [0.25, 0.3) is 0 Å². The summed E-state index contributed by atoms with van der Waals surface area (Å²) < 4.78 is 0. The summed E-state index contributed by atoms with van der Waals surface area (Å²) in [7, 11) is 0. The average Bonchev–Trinajstić information content (AvgIpc) is 2.02. The highest BCUT2D eigenvalue weighted by atomic mass is 16.4. The number of carboxylic acids is 1. The number of nitrogens with one attached hydrogen (secondary N) is 1. The number of carboxylic acid groups (broad SMARTS) is 1. The van der Waals surface area contributed by atoms with Gasteiger partial charge in [0.1, 0.15) is 6.04 Å². The number of carbonyl (C=O) groups excluding carboxylic acids is 1. The first kappa shape index (κ1) is 11.0. The van der Waals surface area contributed by atoms with Crippen molar-refractivity contribution < 1.29 is 14.7 Å². The second-order valence-corrected chi connectivity index (χ2v) is 4.02. The predicted octanol–water partition coefficient (Wildman–Crippen LogP) is 1.16. The Hall–Kier alpha value is -1.06. The van der Waals surface area contributed by atoms with Crippen molar-refractivity contribution >= 4 is 11.9 Å². The van der Waals surface area contributed by atoms with Gasteiger partial charge < -0.3 is 10.4 Å². The van der Waals surface area contributed by atoms with Crippen molar-refractivity contribution in [3.05, 3.63) is 0 Å². The summed E-state index contributed by atoms with van der Waals surface area (Å²) in [5, 5.41) is 11.2. The lowest BCUT2D eigenvalue weighted by atomic mass is 9.66. The standard InChI is InChI=1S/C10H17NO3/c1-3-10(5-4-6-10)9(14)11-7(2)8(12)13/h7H,3-6H2,1-2H3,(H,11,14)(H,12,13)/t7-/m1/s1. The molecular formula is C10H17NO3. The van der Waals surface area contributed by atoms with Gasteiger partial charge in [-0.1, -0.05) is 13.3 Å². The van der Waals surface area contributed by atoms with Gasteiger partial charge in [0.25, 0.3) is 0 Å². The third-order valence-corrected chi connectivity index (χ3v) is 3.19. The van der Waals surface area contributed by atoms with Gasteiger partial charge in [-0.15, -0.1) is 0 Å². The van der Waals surface area contributed by atoms with E-state index in [9.17, 15) is 9.59 Å². The third kappa shape index (κ3) is 1.89. The maximum atomic E-state index is 11.7. The second-order valence-electron chi connectivity index (χ2n) is 4.02. The number of rotatable bonds is 4. The zero-order valence-corrected chi connectivity index (χ0v) is 8.67. The van der Waals surface area contributed by atoms with Crippen LogP contribution in [-0.2, 0) is 9.59 Å². The van der Waals surface area contributed by atoms with E-state index in [4.69, 9.17) is 5.11 Å². The minimum atomic E-state index is -0.982. The van der Waals surface area contributed by atoms with E-state index in [0.717, 1.165) is 25.7 Å². The van der Waals surface area contributed by atoms with Crippen molar-refractivity contribution in [1.82, 2.24) is 5.32 Å². The van der Waals surface area contributed by atoms with Crippen molar-refractivity contribution in [2.45, 2.75) is 45.6 Å². The first-order chi connectivity index (χ1) is 6.52. The minimum Gasteiger partial charge on any atom is -0.480 e. The zero-order chi connectivity index (χ0) is 10.8. The van der Waals surface area contributed by atoms with Gasteiger partial charge in [-0.25, -0.2) is 0 Å². The summed E-state index contributed by atoms with van der Waals surface area (Å²) in [6.07, 6.45) is 3.65. The van der Waals surface area contributed by atoms with Crippen molar-refractivity contribution in [3.8, 4) is 0 Å². The molecule has 0 radical (unpaired) electrons. The van der Waals surface area contributed by atoms with E-state index in [1.807, 2.05) is 6.92 Å². The van der Waals surface area contributed by atoms with Gasteiger partial charge in [0.2, 0.25) is 5.91 Å². The maximum Gasteiger partial charge on any atom is 0.325 e. The van der Waals surface area contributed by atoms with Gasteiger partial charge in [-0.2, -0.15) is 0 Å². The molecule has 0 unspecified atom stereocenters. The average molecular weight is 199 g/mol. The maximum absolute atomic E-state index is 11.7. The van der Waals surface area contributed by atoms with Gasteiger partial charge in [-0.3, -0.25) is 9.59 Å². The van der Waals surface area contributed by atoms with Crippen molar-refractivity contribution in [3.63, 3.8) is 0 Å². The van der Waals surface area contributed by atoms with Crippen LogP contribution in [0.2, 0.25) is 0 Å². The van der Waals surface area contributed by atoms with Gasteiger partial charge in [-0.05, 0) is 26.2 Å². The molecule has 1 aliphatic carbocycles. The first-order valence-electron chi connectivity index (χ1n) is 5.05. The van der Waals surface area contributed by atoms with E-state index in [1.54, 1.807) is 0 Å². The fraction of sp³-hybridized carbons (Fsp3) is 0.800. The molecule has 0 aromatic rings. The molecule has 14 heavy (non-hydrogen) atoms. The van der Waals surface area contributed by atoms with E-state index in [-0.39, 0.29) is 11.3 Å². The Bertz CT molecular complexity index is 240. The third-order valence-electron chi connectivity index (χ3n) is 3.19.